The van der Waals surface area contributed by atoms with Crippen molar-refractivity contribution in [3.63, 3.8) is 0 Å². The van der Waals surface area contributed by atoms with Gasteiger partial charge in [-0.1, -0.05) is 12.1 Å². The number of aromatic hydroxyl groups is 1. The number of pyridine rings is 1. The van der Waals surface area contributed by atoms with Gasteiger partial charge in [-0.25, -0.2) is 4.98 Å². The number of hydrogen-bond acceptors (Lipinski definition) is 4. The van der Waals surface area contributed by atoms with Crippen molar-refractivity contribution in [3.05, 3.63) is 54.5 Å². The molecule has 3 rings (SSSR count). The van der Waals surface area contributed by atoms with Gasteiger partial charge in [-0.3, -0.25) is 4.40 Å². The van der Waals surface area contributed by atoms with Gasteiger partial charge in [0.05, 0.1) is 11.9 Å². The zero-order valence-electron chi connectivity index (χ0n) is 10.2. The van der Waals surface area contributed by atoms with E-state index in [1.54, 1.807) is 36.7 Å². The van der Waals surface area contributed by atoms with Crippen molar-refractivity contribution >= 4 is 11.3 Å². The van der Waals surface area contributed by atoms with E-state index in [0.717, 1.165) is 11.3 Å². The molecule has 0 spiro atoms. The Labute approximate surface area is 109 Å². The van der Waals surface area contributed by atoms with Gasteiger partial charge >= 0.3 is 0 Å². The number of rotatable bonds is 3. The average Bonchev–Trinajstić information content (AvgIpc) is 2.80. The first-order valence-electron chi connectivity index (χ1n) is 5.86. The lowest BCUT2D eigenvalue weighted by Crippen LogP contribution is -2.00. The molecule has 0 aliphatic carbocycles. The summed E-state index contributed by atoms with van der Waals surface area (Å²) in [5.74, 6) is 0.567. The molecule has 3 aromatic rings. The molecule has 19 heavy (non-hydrogen) atoms. The van der Waals surface area contributed by atoms with Crippen LogP contribution >= 0.6 is 0 Å². The molecule has 0 atom stereocenters. The summed E-state index contributed by atoms with van der Waals surface area (Å²) in [4.78, 5) is 4.26. The summed E-state index contributed by atoms with van der Waals surface area (Å²) in [6.45, 7) is 0.308. The molecule has 0 amide bonds. The first kappa shape index (κ1) is 11.4. The van der Waals surface area contributed by atoms with Gasteiger partial charge in [0.1, 0.15) is 12.3 Å². The highest BCUT2D eigenvalue weighted by molar-refractivity contribution is 5.48. The maximum absolute atomic E-state index is 9.63. The Morgan fingerprint density at radius 1 is 1.21 bits per heavy atom. The molecule has 0 saturated carbocycles. The number of phenols is 1. The number of anilines is 1. The van der Waals surface area contributed by atoms with Crippen LogP contribution in [0.2, 0.25) is 0 Å². The molecule has 0 bridgehead atoms. The Morgan fingerprint density at radius 3 is 2.89 bits per heavy atom. The van der Waals surface area contributed by atoms with Crippen LogP contribution in [0.4, 0.5) is 5.69 Å². The number of benzene rings is 1. The number of aromatic nitrogens is 2. The first-order valence-corrected chi connectivity index (χ1v) is 5.86. The van der Waals surface area contributed by atoms with E-state index in [-0.39, 0.29) is 5.75 Å². The summed E-state index contributed by atoms with van der Waals surface area (Å²) in [6, 6.07) is 10.5. The number of ether oxygens (including phenoxy) is 1. The summed E-state index contributed by atoms with van der Waals surface area (Å²) < 4.78 is 7.45. The number of fused-ring (bicyclic) bond motifs is 1. The number of phenolic OH excluding ortho intramolecular Hbond substituents is 1. The fourth-order valence-electron chi connectivity index (χ4n) is 1.89. The van der Waals surface area contributed by atoms with Crippen molar-refractivity contribution in [2.45, 2.75) is 6.61 Å². The average molecular weight is 255 g/mol. The molecule has 0 fully saturated rings. The minimum Gasteiger partial charge on any atom is -0.504 e. The summed E-state index contributed by atoms with van der Waals surface area (Å²) in [5, 5.41) is 9.63. The molecular weight excluding hydrogens is 242 g/mol. The molecule has 2 aromatic heterocycles. The molecule has 3 N–H and O–H groups in total. The molecule has 0 unspecified atom stereocenters. The van der Waals surface area contributed by atoms with Crippen LogP contribution in [-0.4, -0.2) is 14.5 Å². The molecule has 96 valence electrons. The van der Waals surface area contributed by atoms with Gasteiger partial charge in [-0.2, -0.15) is 0 Å². The second kappa shape index (κ2) is 4.53. The fraction of sp³-hybridized carbons (Fsp3) is 0.0714. The molecule has 0 aliphatic heterocycles. The Kier molecular flexibility index (Phi) is 2.72. The van der Waals surface area contributed by atoms with Gasteiger partial charge in [-0.05, 0) is 24.3 Å². The molecule has 1 aromatic carbocycles. The van der Waals surface area contributed by atoms with E-state index in [4.69, 9.17) is 10.5 Å². The molecule has 0 saturated heterocycles. The van der Waals surface area contributed by atoms with E-state index in [1.165, 1.54) is 0 Å². The van der Waals surface area contributed by atoms with Crippen molar-refractivity contribution in [2.24, 2.45) is 0 Å². The lowest BCUT2D eigenvalue weighted by Gasteiger charge is -2.07. The highest BCUT2D eigenvalue weighted by Crippen LogP contribution is 2.25. The third-order valence-electron chi connectivity index (χ3n) is 2.85. The number of para-hydroxylation sites is 2. The summed E-state index contributed by atoms with van der Waals surface area (Å²) in [6.07, 6.45) is 3.53. The van der Waals surface area contributed by atoms with Crippen LogP contribution in [0.1, 0.15) is 5.69 Å². The van der Waals surface area contributed by atoms with Crippen molar-refractivity contribution in [1.29, 1.82) is 0 Å². The molecule has 2 heterocycles. The second-order valence-electron chi connectivity index (χ2n) is 4.20. The monoisotopic (exact) mass is 255 g/mol. The summed E-state index contributed by atoms with van der Waals surface area (Å²) >= 11 is 0. The van der Waals surface area contributed by atoms with Gasteiger partial charge in [0.25, 0.3) is 0 Å². The van der Waals surface area contributed by atoms with Crippen LogP contribution in [0.5, 0.6) is 11.5 Å². The molecular formula is C14H13N3O2. The van der Waals surface area contributed by atoms with Crippen LogP contribution in [0.15, 0.2) is 48.8 Å². The van der Waals surface area contributed by atoms with Gasteiger partial charge in [0, 0.05) is 11.9 Å². The summed E-state index contributed by atoms with van der Waals surface area (Å²) in [5.41, 5.74) is 8.09. The number of hydrogen-bond donors (Lipinski definition) is 2. The Balaban J connectivity index is 1.86. The normalized spacial score (nSPS) is 10.7. The predicted molar refractivity (Wildman–Crippen MR) is 72.0 cm³/mol. The van der Waals surface area contributed by atoms with Crippen LogP contribution in [-0.2, 0) is 6.61 Å². The quantitative estimate of drug-likeness (QED) is 0.752. The summed E-state index contributed by atoms with van der Waals surface area (Å²) in [7, 11) is 0. The van der Waals surface area contributed by atoms with Crippen LogP contribution in [0.3, 0.4) is 0 Å². The largest absolute Gasteiger partial charge is 0.504 e. The maximum atomic E-state index is 9.63. The predicted octanol–water partition coefficient (Wildman–Crippen LogP) is 2.20. The number of nitrogens with zero attached hydrogens (tertiary/aromatic N) is 2. The first-order chi connectivity index (χ1) is 9.24. The van der Waals surface area contributed by atoms with E-state index in [2.05, 4.69) is 4.98 Å². The van der Waals surface area contributed by atoms with E-state index in [1.807, 2.05) is 16.5 Å². The van der Waals surface area contributed by atoms with Crippen molar-refractivity contribution in [2.75, 3.05) is 5.73 Å². The third-order valence-corrected chi connectivity index (χ3v) is 2.85. The van der Waals surface area contributed by atoms with Gasteiger partial charge < -0.3 is 15.6 Å². The zero-order valence-corrected chi connectivity index (χ0v) is 10.2. The SMILES string of the molecule is Nc1ccc2ncc(COc3ccccc3O)n2c1. The second-order valence-corrected chi connectivity index (χ2v) is 4.20. The van der Waals surface area contributed by atoms with Crippen molar-refractivity contribution in [3.8, 4) is 11.5 Å². The third kappa shape index (κ3) is 2.18. The molecule has 5 nitrogen and oxygen atoms in total. The van der Waals surface area contributed by atoms with E-state index in [0.29, 0.717) is 18.0 Å². The van der Waals surface area contributed by atoms with E-state index >= 15 is 0 Å². The molecule has 5 heteroatoms. The van der Waals surface area contributed by atoms with Crippen LogP contribution in [0.25, 0.3) is 5.65 Å². The Bertz CT molecular complexity index is 722. The van der Waals surface area contributed by atoms with Crippen molar-refractivity contribution < 1.29 is 9.84 Å². The lowest BCUT2D eigenvalue weighted by atomic mass is 10.3. The van der Waals surface area contributed by atoms with Gasteiger partial charge in [-0.15, -0.1) is 0 Å². The zero-order chi connectivity index (χ0) is 13.2. The standard InChI is InChI=1S/C14H13N3O2/c15-10-5-6-14-16-7-11(17(14)8-10)9-19-13-4-2-1-3-12(13)18/h1-8,18H,9,15H2. The maximum Gasteiger partial charge on any atom is 0.161 e. The minimum atomic E-state index is 0.121. The van der Waals surface area contributed by atoms with Crippen LogP contribution < -0.4 is 10.5 Å². The molecule has 0 radical (unpaired) electrons. The van der Waals surface area contributed by atoms with Gasteiger partial charge in [0.15, 0.2) is 11.5 Å². The Morgan fingerprint density at radius 2 is 2.05 bits per heavy atom. The van der Waals surface area contributed by atoms with E-state index in [9.17, 15) is 5.11 Å². The highest BCUT2D eigenvalue weighted by atomic mass is 16.5. The fourth-order valence-corrected chi connectivity index (χ4v) is 1.89. The smallest absolute Gasteiger partial charge is 0.161 e. The topological polar surface area (TPSA) is 72.8 Å². The molecule has 0 aliphatic rings. The number of imidazole rings is 1. The number of nitrogens with two attached hydrogens (primary N) is 1. The highest BCUT2D eigenvalue weighted by Gasteiger charge is 2.06. The minimum absolute atomic E-state index is 0.121. The Hall–Kier alpha value is -2.69. The van der Waals surface area contributed by atoms with Gasteiger partial charge in [0.2, 0.25) is 0 Å². The number of nitrogen functional groups attached to an aromatic ring is 1. The van der Waals surface area contributed by atoms with Crippen molar-refractivity contribution in [1.82, 2.24) is 9.38 Å². The lowest BCUT2D eigenvalue weighted by molar-refractivity contribution is 0.284. The van der Waals surface area contributed by atoms with Crippen LogP contribution in [0, 0.1) is 0 Å². The van der Waals surface area contributed by atoms with E-state index < -0.39 is 0 Å².